The van der Waals surface area contributed by atoms with Gasteiger partial charge in [0.1, 0.15) is 0 Å². The Labute approximate surface area is 108 Å². The van der Waals surface area contributed by atoms with E-state index >= 15 is 0 Å². The molecule has 0 radical (unpaired) electrons. The number of piperidine rings is 1. The normalized spacial score (nSPS) is 38.2. The number of nitrogens with zero attached hydrogens (tertiary/aromatic N) is 1. The highest BCUT2D eigenvalue weighted by atomic mass is 16.5. The summed E-state index contributed by atoms with van der Waals surface area (Å²) in [6.07, 6.45) is 5.54. The maximum Gasteiger partial charge on any atom is 0.310 e. The third-order valence-electron chi connectivity index (χ3n) is 4.96. The molecular formula is C14H21NO3. The molecule has 1 aliphatic heterocycles. The van der Waals surface area contributed by atoms with Crippen LogP contribution < -0.4 is 0 Å². The van der Waals surface area contributed by atoms with Gasteiger partial charge in [0, 0.05) is 19.0 Å². The fourth-order valence-electron chi connectivity index (χ4n) is 3.93. The minimum Gasteiger partial charge on any atom is -0.469 e. The van der Waals surface area contributed by atoms with E-state index in [4.69, 9.17) is 4.74 Å². The van der Waals surface area contributed by atoms with Crippen molar-refractivity contribution < 1.29 is 14.3 Å². The number of carbonyl (C=O) groups is 2. The highest BCUT2D eigenvalue weighted by molar-refractivity contribution is 5.83. The maximum absolute atomic E-state index is 12.4. The van der Waals surface area contributed by atoms with Crippen LogP contribution in [0.15, 0.2) is 0 Å². The zero-order valence-corrected chi connectivity index (χ0v) is 10.9. The summed E-state index contributed by atoms with van der Waals surface area (Å²) in [6, 6.07) is 0. The summed E-state index contributed by atoms with van der Waals surface area (Å²) in [6.45, 7) is 1.39. The Morgan fingerprint density at radius 2 is 1.83 bits per heavy atom. The van der Waals surface area contributed by atoms with Gasteiger partial charge in [0.25, 0.3) is 0 Å². The molecule has 4 nitrogen and oxygen atoms in total. The molecule has 1 amide bonds. The Bertz CT molecular complexity index is 358. The fourth-order valence-corrected chi connectivity index (χ4v) is 3.93. The van der Waals surface area contributed by atoms with E-state index in [9.17, 15) is 9.59 Å². The van der Waals surface area contributed by atoms with Crippen LogP contribution >= 0.6 is 0 Å². The molecule has 0 bridgehead atoms. The van der Waals surface area contributed by atoms with Gasteiger partial charge in [-0.25, -0.2) is 0 Å². The minimum atomic E-state index is -0.163. The number of fused-ring (bicyclic) bond motifs is 1. The van der Waals surface area contributed by atoms with Gasteiger partial charge in [0.2, 0.25) is 5.91 Å². The van der Waals surface area contributed by atoms with E-state index in [1.165, 1.54) is 26.4 Å². The summed E-state index contributed by atoms with van der Waals surface area (Å²) >= 11 is 0. The molecule has 18 heavy (non-hydrogen) atoms. The largest absolute Gasteiger partial charge is 0.469 e. The zero-order valence-electron chi connectivity index (χ0n) is 10.9. The maximum atomic E-state index is 12.4. The molecule has 1 saturated heterocycles. The summed E-state index contributed by atoms with van der Waals surface area (Å²) < 4.78 is 4.79. The number of ether oxygens (including phenoxy) is 1. The highest BCUT2D eigenvalue weighted by Crippen LogP contribution is 2.58. The molecule has 0 aromatic heterocycles. The molecule has 2 aliphatic carbocycles. The van der Waals surface area contributed by atoms with Gasteiger partial charge in [-0.1, -0.05) is 6.42 Å². The third-order valence-corrected chi connectivity index (χ3v) is 4.96. The first-order chi connectivity index (χ1) is 8.72. The second-order valence-electron chi connectivity index (χ2n) is 5.93. The van der Waals surface area contributed by atoms with Crippen LogP contribution in [0.25, 0.3) is 0 Å². The second kappa shape index (κ2) is 4.56. The summed E-state index contributed by atoms with van der Waals surface area (Å²) in [5.41, 5.74) is 0. The number of methoxy groups -OCH3 is 1. The first kappa shape index (κ1) is 12.0. The summed E-state index contributed by atoms with van der Waals surface area (Å²) in [7, 11) is 1.42. The Kier molecular flexibility index (Phi) is 3.04. The van der Waals surface area contributed by atoms with Gasteiger partial charge >= 0.3 is 5.97 Å². The summed E-state index contributed by atoms with van der Waals surface area (Å²) in [4.78, 5) is 25.9. The van der Waals surface area contributed by atoms with Gasteiger partial charge in [-0.2, -0.15) is 0 Å². The second-order valence-corrected chi connectivity index (χ2v) is 5.93. The van der Waals surface area contributed by atoms with Crippen molar-refractivity contribution in [2.24, 2.45) is 23.7 Å². The molecule has 0 aromatic carbocycles. The third kappa shape index (κ3) is 1.91. The van der Waals surface area contributed by atoms with Crippen molar-refractivity contribution >= 4 is 11.9 Å². The number of rotatable bonds is 2. The first-order valence-electron chi connectivity index (χ1n) is 7.09. The quantitative estimate of drug-likeness (QED) is 0.698. The van der Waals surface area contributed by atoms with E-state index in [1.54, 1.807) is 0 Å². The van der Waals surface area contributed by atoms with E-state index in [0.29, 0.717) is 24.3 Å². The average Bonchev–Trinajstić information content (AvgIpc) is 2.89. The van der Waals surface area contributed by atoms with Crippen LogP contribution in [0.5, 0.6) is 0 Å². The molecule has 2 saturated carbocycles. The van der Waals surface area contributed by atoms with E-state index < -0.39 is 0 Å². The molecular weight excluding hydrogens is 230 g/mol. The van der Waals surface area contributed by atoms with Crippen molar-refractivity contribution in [1.29, 1.82) is 0 Å². The molecule has 0 N–H and O–H groups in total. The highest BCUT2D eigenvalue weighted by Gasteiger charge is 2.57. The molecule has 3 unspecified atom stereocenters. The molecule has 4 heteroatoms. The Balaban J connectivity index is 1.59. The van der Waals surface area contributed by atoms with Crippen molar-refractivity contribution in [3.8, 4) is 0 Å². The van der Waals surface area contributed by atoms with Crippen LogP contribution in [0.4, 0.5) is 0 Å². The SMILES string of the molecule is COC(=O)C1CCCN(C(=O)C2C3CCCC32)C1. The number of hydrogen-bond acceptors (Lipinski definition) is 3. The summed E-state index contributed by atoms with van der Waals surface area (Å²) in [5.74, 6) is 1.65. The van der Waals surface area contributed by atoms with Crippen molar-refractivity contribution in [3.05, 3.63) is 0 Å². The van der Waals surface area contributed by atoms with E-state index in [-0.39, 0.29) is 17.8 Å². The Morgan fingerprint density at radius 1 is 1.11 bits per heavy atom. The molecule has 3 rings (SSSR count). The molecule has 100 valence electrons. The van der Waals surface area contributed by atoms with Crippen LogP contribution in [0, 0.1) is 23.7 Å². The lowest BCUT2D eigenvalue weighted by molar-refractivity contribution is -0.149. The number of esters is 1. The topological polar surface area (TPSA) is 46.6 Å². The zero-order chi connectivity index (χ0) is 12.7. The van der Waals surface area contributed by atoms with Gasteiger partial charge in [0.15, 0.2) is 0 Å². The van der Waals surface area contributed by atoms with Gasteiger partial charge in [-0.05, 0) is 37.5 Å². The number of amides is 1. The van der Waals surface area contributed by atoms with E-state index in [1.807, 2.05) is 4.90 Å². The number of likely N-dealkylation sites (tertiary alicyclic amines) is 1. The molecule has 3 aliphatic rings. The van der Waals surface area contributed by atoms with Gasteiger partial charge in [-0.15, -0.1) is 0 Å². The number of carbonyl (C=O) groups excluding carboxylic acids is 2. The molecule has 3 fully saturated rings. The minimum absolute atomic E-state index is 0.105. The van der Waals surface area contributed by atoms with Crippen molar-refractivity contribution in [2.75, 3.05) is 20.2 Å². The lowest BCUT2D eigenvalue weighted by Gasteiger charge is -2.31. The monoisotopic (exact) mass is 251 g/mol. The molecule has 1 heterocycles. The molecule has 0 aromatic rings. The van der Waals surface area contributed by atoms with Crippen molar-refractivity contribution in [2.45, 2.75) is 32.1 Å². The standard InChI is InChI=1S/C14H21NO3/c1-18-14(17)9-4-3-7-15(8-9)13(16)12-10-5-2-6-11(10)12/h9-12H,2-8H2,1H3. The number of hydrogen-bond donors (Lipinski definition) is 0. The van der Waals surface area contributed by atoms with Crippen LogP contribution in [0.1, 0.15) is 32.1 Å². The fraction of sp³-hybridized carbons (Fsp3) is 0.857. The van der Waals surface area contributed by atoms with Gasteiger partial charge in [-0.3, -0.25) is 9.59 Å². The van der Waals surface area contributed by atoms with Crippen LogP contribution in [0.3, 0.4) is 0 Å². The predicted molar refractivity (Wildman–Crippen MR) is 65.6 cm³/mol. The van der Waals surface area contributed by atoms with Gasteiger partial charge < -0.3 is 9.64 Å². The van der Waals surface area contributed by atoms with Crippen molar-refractivity contribution in [3.63, 3.8) is 0 Å². The molecule has 0 spiro atoms. The van der Waals surface area contributed by atoms with E-state index in [0.717, 1.165) is 19.4 Å². The first-order valence-corrected chi connectivity index (χ1v) is 7.09. The Morgan fingerprint density at radius 3 is 2.50 bits per heavy atom. The van der Waals surface area contributed by atoms with Crippen molar-refractivity contribution in [1.82, 2.24) is 4.90 Å². The lowest BCUT2D eigenvalue weighted by Crippen LogP contribution is -2.43. The molecule has 3 atom stereocenters. The lowest BCUT2D eigenvalue weighted by atomic mass is 9.97. The van der Waals surface area contributed by atoms with Gasteiger partial charge in [0.05, 0.1) is 13.0 Å². The van der Waals surface area contributed by atoms with Crippen LogP contribution in [-0.2, 0) is 14.3 Å². The van der Waals surface area contributed by atoms with Crippen LogP contribution in [-0.4, -0.2) is 37.0 Å². The Hall–Kier alpha value is -1.06. The predicted octanol–water partition coefficient (Wildman–Crippen LogP) is 1.44. The van der Waals surface area contributed by atoms with E-state index in [2.05, 4.69) is 0 Å². The average molecular weight is 251 g/mol. The van der Waals surface area contributed by atoms with Crippen LogP contribution in [0.2, 0.25) is 0 Å². The summed E-state index contributed by atoms with van der Waals surface area (Å²) in [5, 5.41) is 0. The smallest absolute Gasteiger partial charge is 0.310 e.